The highest BCUT2D eigenvalue weighted by molar-refractivity contribution is 9.11. The van der Waals surface area contributed by atoms with Crippen LogP contribution in [0.2, 0.25) is 0 Å². The Bertz CT molecular complexity index is 1120. The molecule has 0 heterocycles. The second kappa shape index (κ2) is 11.1. The van der Waals surface area contributed by atoms with Crippen molar-refractivity contribution in [1.82, 2.24) is 5.43 Å². The fourth-order valence-corrected chi connectivity index (χ4v) is 3.88. The van der Waals surface area contributed by atoms with Gasteiger partial charge in [0, 0.05) is 10.0 Å². The average molecular weight is 546 g/mol. The molecule has 0 aliphatic rings. The van der Waals surface area contributed by atoms with E-state index in [1.807, 2.05) is 61.5 Å². The Morgan fingerprint density at radius 1 is 1.16 bits per heavy atom. The summed E-state index contributed by atoms with van der Waals surface area (Å²) in [5.41, 5.74) is 3.29. The molecule has 0 spiro atoms. The number of hydrogen-bond acceptors (Lipinski definition) is 4. The smallest absolute Gasteiger partial charge is 0.281 e. The van der Waals surface area contributed by atoms with Gasteiger partial charge in [0.1, 0.15) is 18.1 Å². The highest BCUT2D eigenvalue weighted by atomic mass is 79.9. The van der Waals surface area contributed by atoms with Crippen LogP contribution < -0.4 is 14.9 Å². The number of rotatable bonds is 9. The van der Waals surface area contributed by atoms with Crippen molar-refractivity contribution in [2.45, 2.75) is 19.4 Å². The minimum atomic E-state index is -0.686. The molecule has 0 saturated carbocycles. The number of amides is 1. The zero-order valence-corrected chi connectivity index (χ0v) is 20.1. The Morgan fingerprint density at radius 2 is 1.94 bits per heavy atom. The molecule has 1 N–H and O–H groups in total. The molecule has 31 heavy (non-hydrogen) atoms. The molecule has 0 saturated heterocycles. The minimum absolute atomic E-state index is 0.331. The normalized spacial score (nSPS) is 12.0. The van der Waals surface area contributed by atoms with Gasteiger partial charge in [0.2, 0.25) is 0 Å². The first-order chi connectivity index (χ1) is 15.0. The Balaban J connectivity index is 1.70. The van der Waals surface area contributed by atoms with Gasteiger partial charge in [0.25, 0.3) is 5.91 Å². The maximum Gasteiger partial charge on any atom is 0.281 e. The fraction of sp³-hybridized carbons (Fsp3) is 0.167. The van der Waals surface area contributed by atoms with Crippen molar-refractivity contribution in [3.8, 4) is 11.5 Å². The lowest BCUT2D eigenvalue weighted by Crippen LogP contribution is -2.35. The molecule has 3 aromatic carbocycles. The number of benzene rings is 3. The zero-order valence-electron chi connectivity index (χ0n) is 17.0. The molecule has 3 aromatic rings. The van der Waals surface area contributed by atoms with Gasteiger partial charge in [-0.2, -0.15) is 5.10 Å². The molecule has 160 valence electrons. The van der Waals surface area contributed by atoms with Crippen molar-refractivity contribution in [3.63, 3.8) is 0 Å². The number of nitrogens with zero attached hydrogens (tertiary/aromatic N) is 1. The van der Waals surface area contributed by atoms with Gasteiger partial charge in [-0.25, -0.2) is 5.43 Å². The van der Waals surface area contributed by atoms with Gasteiger partial charge in [-0.15, -0.1) is 0 Å². The van der Waals surface area contributed by atoms with Crippen LogP contribution >= 0.6 is 31.9 Å². The minimum Gasteiger partial charge on any atom is -0.489 e. The van der Waals surface area contributed by atoms with Gasteiger partial charge in [0.15, 0.2) is 6.10 Å². The second-order valence-corrected chi connectivity index (χ2v) is 8.34. The highest BCUT2D eigenvalue weighted by Crippen LogP contribution is 2.33. The van der Waals surface area contributed by atoms with Crippen molar-refractivity contribution in [1.29, 1.82) is 0 Å². The van der Waals surface area contributed by atoms with E-state index in [1.165, 1.54) is 0 Å². The molecule has 1 atom stereocenters. The summed E-state index contributed by atoms with van der Waals surface area (Å²) in [5.74, 6) is 0.920. The van der Waals surface area contributed by atoms with Gasteiger partial charge >= 0.3 is 0 Å². The molecule has 0 aliphatic heterocycles. The molecule has 0 aromatic heterocycles. The maximum absolute atomic E-state index is 12.6. The fourth-order valence-electron chi connectivity index (χ4n) is 2.92. The number of carbonyl (C=O) groups is 1. The lowest BCUT2D eigenvalue weighted by Gasteiger charge is -2.17. The van der Waals surface area contributed by atoms with Crippen LogP contribution in [0.25, 0.3) is 10.8 Å². The van der Waals surface area contributed by atoms with Crippen molar-refractivity contribution in [2.24, 2.45) is 5.10 Å². The molecule has 0 unspecified atom stereocenters. The van der Waals surface area contributed by atoms with Gasteiger partial charge in [-0.1, -0.05) is 65.8 Å². The number of hydrogen-bond donors (Lipinski definition) is 1. The summed E-state index contributed by atoms with van der Waals surface area (Å²) in [6.07, 6.45) is 3.01. The van der Waals surface area contributed by atoms with Crippen molar-refractivity contribution in [3.05, 3.63) is 81.8 Å². The standard InChI is InChI=1S/C24H22Br2N2O3/c1-3-13-30-21-12-10-18(25)14-17(21)15-27-28-24(29)20(4-2)31-22-11-9-16-7-5-6-8-19(16)23(22)26/h3,5-12,14-15,20H,1,4,13H2,2H3,(H,28,29)/b27-15-/t20-/m1/s1. The SMILES string of the molecule is C=CCOc1ccc(Br)cc1/C=N\NC(=O)[C@@H](CC)Oc1ccc2ccccc2c1Br. The lowest BCUT2D eigenvalue weighted by atomic mass is 10.1. The molecule has 3 rings (SSSR count). The van der Waals surface area contributed by atoms with E-state index >= 15 is 0 Å². The number of nitrogens with one attached hydrogen (secondary N) is 1. The summed E-state index contributed by atoms with van der Waals surface area (Å²) >= 11 is 7.03. The summed E-state index contributed by atoms with van der Waals surface area (Å²) in [7, 11) is 0. The van der Waals surface area contributed by atoms with Crippen molar-refractivity contribution >= 4 is 54.8 Å². The third-order valence-electron chi connectivity index (χ3n) is 4.47. The topological polar surface area (TPSA) is 59.9 Å². The van der Waals surface area contributed by atoms with Crippen LogP contribution in [0.15, 0.2) is 81.3 Å². The molecule has 0 radical (unpaired) electrons. The third kappa shape index (κ3) is 5.95. The van der Waals surface area contributed by atoms with E-state index < -0.39 is 6.10 Å². The van der Waals surface area contributed by atoms with Gasteiger partial charge in [-0.3, -0.25) is 4.79 Å². The summed E-state index contributed by atoms with van der Waals surface area (Å²) in [6, 6.07) is 17.3. The molecular formula is C24H22Br2N2O3. The van der Waals surface area contributed by atoms with Gasteiger partial charge in [-0.05, 0) is 57.4 Å². The molecule has 0 bridgehead atoms. The van der Waals surface area contributed by atoms with E-state index in [2.05, 4.69) is 49.0 Å². The van der Waals surface area contributed by atoms with E-state index in [1.54, 1.807) is 12.3 Å². The first-order valence-electron chi connectivity index (χ1n) is 9.73. The van der Waals surface area contributed by atoms with Gasteiger partial charge in [0.05, 0.1) is 10.7 Å². The number of fused-ring (bicyclic) bond motifs is 1. The van der Waals surface area contributed by atoms with Crippen molar-refractivity contribution < 1.29 is 14.3 Å². The van der Waals surface area contributed by atoms with Crippen LogP contribution in [0, 0.1) is 0 Å². The van der Waals surface area contributed by atoms with E-state index in [9.17, 15) is 4.79 Å². The van der Waals surface area contributed by atoms with E-state index in [4.69, 9.17) is 9.47 Å². The van der Waals surface area contributed by atoms with Crippen LogP contribution in [0.1, 0.15) is 18.9 Å². The predicted octanol–water partition coefficient (Wildman–Crippen LogP) is 6.24. The maximum atomic E-state index is 12.6. The Kier molecular flexibility index (Phi) is 8.26. The quantitative estimate of drug-likeness (QED) is 0.197. The van der Waals surface area contributed by atoms with Crippen LogP contribution in [-0.4, -0.2) is 24.8 Å². The van der Waals surface area contributed by atoms with Crippen LogP contribution in [0.3, 0.4) is 0 Å². The molecule has 0 aliphatic carbocycles. The van der Waals surface area contributed by atoms with Crippen molar-refractivity contribution in [2.75, 3.05) is 6.61 Å². The predicted molar refractivity (Wildman–Crippen MR) is 132 cm³/mol. The van der Waals surface area contributed by atoms with E-state index in [0.717, 1.165) is 25.3 Å². The first-order valence-corrected chi connectivity index (χ1v) is 11.3. The molecule has 0 fully saturated rings. The number of ether oxygens (including phenoxy) is 2. The average Bonchev–Trinajstić information content (AvgIpc) is 2.78. The third-order valence-corrected chi connectivity index (χ3v) is 5.78. The van der Waals surface area contributed by atoms with Crippen LogP contribution in [0.5, 0.6) is 11.5 Å². The summed E-state index contributed by atoms with van der Waals surface area (Å²) in [5, 5.41) is 6.20. The van der Waals surface area contributed by atoms with Crippen LogP contribution in [-0.2, 0) is 4.79 Å². The largest absolute Gasteiger partial charge is 0.489 e. The van der Waals surface area contributed by atoms with Gasteiger partial charge < -0.3 is 9.47 Å². The molecule has 5 nitrogen and oxygen atoms in total. The second-order valence-electron chi connectivity index (χ2n) is 6.63. The molecule has 1 amide bonds. The number of halogens is 2. The van der Waals surface area contributed by atoms with E-state index in [0.29, 0.717) is 24.5 Å². The van der Waals surface area contributed by atoms with Crippen LogP contribution in [0.4, 0.5) is 0 Å². The zero-order chi connectivity index (χ0) is 22.2. The summed E-state index contributed by atoms with van der Waals surface area (Å²) < 4.78 is 13.3. The monoisotopic (exact) mass is 544 g/mol. The number of hydrazone groups is 1. The number of carbonyl (C=O) groups excluding carboxylic acids is 1. The highest BCUT2D eigenvalue weighted by Gasteiger charge is 2.20. The summed E-state index contributed by atoms with van der Waals surface area (Å²) in [4.78, 5) is 12.6. The first kappa shape index (κ1) is 23.0. The molecular weight excluding hydrogens is 524 g/mol. The lowest BCUT2D eigenvalue weighted by molar-refractivity contribution is -0.128. The van der Waals surface area contributed by atoms with E-state index in [-0.39, 0.29) is 5.91 Å². The Hall–Kier alpha value is -2.64. The Morgan fingerprint density at radius 3 is 2.71 bits per heavy atom. The molecule has 7 heteroatoms. The Labute approximate surface area is 198 Å². The summed E-state index contributed by atoms with van der Waals surface area (Å²) in [6.45, 7) is 5.92.